The Morgan fingerprint density at radius 1 is 1.23 bits per heavy atom. The predicted octanol–water partition coefficient (Wildman–Crippen LogP) is 2.91. The van der Waals surface area contributed by atoms with Crippen molar-refractivity contribution < 1.29 is 9.53 Å². The largest absolute Gasteiger partial charge is 0.465 e. The summed E-state index contributed by atoms with van der Waals surface area (Å²) in [6.07, 6.45) is 7.68. The van der Waals surface area contributed by atoms with Gasteiger partial charge in [0.05, 0.1) is 6.61 Å². The third kappa shape index (κ3) is 3.79. The highest BCUT2D eigenvalue weighted by Gasteiger charge is 2.26. The lowest BCUT2D eigenvalue weighted by Crippen LogP contribution is -2.23. The number of hydrogen-bond acceptors (Lipinski definition) is 2. The number of carbonyl (C=O) groups is 1. The first-order chi connectivity index (χ1) is 6.12. The first kappa shape index (κ1) is 10.6. The number of hydrogen-bond donors (Lipinski definition) is 0. The van der Waals surface area contributed by atoms with Crippen molar-refractivity contribution in [2.45, 2.75) is 52.4 Å². The summed E-state index contributed by atoms with van der Waals surface area (Å²) in [6, 6.07) is 0. The van der Waals surface area contributed by atoms with Gasteiger partial charge < -0.3 is 4.74 Å². The normalized spacial score (nSPS) is 22.0. The number of ether oxygens (including phenoxy) is 1. The molecule has 0 N–H and O–H groups in total. The molecule has 0 radical (unpaired) electrons. The minimum Gasteiger partial charge on any atom is -0.465 e. The van der Waals surface area contributed by atoms with Gasteiger partial charge in [-0.2, -0.15) is 0 Å². The summed E-state index contributed by atoms with van der Waals surface area (Å²) in [4.78, 5) is 10.7. The molecule has 0 heterocycles. The second kappa shape index (κ2) is 4.64. The van der Waals surface area contributed by atoms with Gasteiger partial charge in [0.25, 0.3) is 0 Å². The van der Waals surface area contributed by atoms with Crippen LogP contribution in [0.4, 0.5) is 0 Å². The van der Waals surface area contributed by atoms with Crippen LogP contribution in [0.1, 0.15) is 52.4 Å². The smallest absolute Gasteiger partial charge is 0.302 e. The van der Waals surface area contributed by atoms with Crippen LogP contribution in [0, 0.1) is 5.41 Å². The molecule has 1 fully saturated rings. The van der Waals surface area contributed by atoms with Crippen molar-refractivity contribution in [3.8, 4) is 0 Å². The maximum absolute atomic E-state index is 10.7. The molecular formula is C11H20O2. The van der Waals surface area contributed by atoms with Crippen molar-refractivity contribution in [2.75, 3.05) is 6.61 Å². The molecule has 1 aliphatic rings. The van der Waals surface area contributed by atoms with E-state index in [9.17, 15) is 4.79 Å². The summed E-state index contributed by atoms with van der Waals surface area (Å²) < 4.78 is 5.10. The summed E-state index contributed by atoms with van der Waals surface area (Å²) in [5, 5.41) is 0. The number of carbonyl (C=O) groups excluding carboxylic acids is 1. The summed E-state index contributed by atoms with van der Waals surface area (Å²) in [5.41, 5.74) is 0.252. The Kier molecular flexibility index (Phi) is 3.76. The van der Waals surface area contributed by atoms with E-state index in [1.807, 2.05) is 0 Å². The Morgan fingerprint density at radius 3 is 2.23 bits per heavy atom. The molecule has 0 aromatic rings. The zero-order chi connectivity index (χ0) is 9.73. The highest BCUT2D eigenvalue weighted by atomic mass is 16.5. The SMILES string of the molecule is CC(=O)OCC1(C)CCCCCC1. The lowest BCUT2D eigenvalue weighted by atomic mass is 9.83. The minimum absolute atomic E-state index is 0.148. The van der Waals surface area contributed by atoms with Gasteiger partial charge in [-0.25, -0.2) is 0 Å². The Balaban J connectivity index is 2.37. The van der Waals surface area contributed by atoms with Gasteiger partial charge in [-0.1, -0.05) is 32.6 Å². The molecule has 0 saturated heterocycles. The standard InChI is InChI=1S/C11H20O2/c1-10(12)13-9-11(2)7-5-3-4-6-8-11/h3-9H2,1-2H3. The average molecular weight is 184 g/mol. The third-order valence-corrected chi connectivity index (χ3v) is 2.93. The second-order valence-corrected chi connectivity index (χ2v) is 4.51. The van der Waals surface area contributed by atoms with E-state index in [0.29, 0.717) is 6.61 Å². The molecule has 2 heteroatoms. The van der Waals surface area contributed by atoms with Gasteiger partial charge in [0.15, 0.2) is 0 Å². The zero-order valence-corrected chi connectivity index (χ0v) is 8.77. The molecule has 0 unspecified atom stereocenters. The maximum Gasteiger partial charge on any atom is 0.302 e. The summed E-state index contributed by atoms with van der Waals surface area (Å²) >= 11 is 0. The van der Waals surface area contributed by atoms with E-state index in [1.54, 1.807) is 0 Å². The molecule has 2 nitrogen and oxygen atoms in total. The van der Waals surface area contributed by atoms with Crippen molar-refractivity contribution >= 4 is 5.97 Å². The fourth-order valence-corrected chi connectivity index (χ4v) is 2.00. The second-order valence-electron chi connectivity index (χ2n) is 4.51. The van der Waals surface area contributed by atoms with Crippen LogP contribution in [0.2, 0.25) is 0 Å². The first-order valence-corrected chi connectivity index (χ1v) is 5.26. The van der Waals surface area contributed by atoms with Crippen molar-refractivity contribution in [1.82, 2.24) is 0 Å². The van der Waals surface area contributed by atoms with E-state index < -0.39 is 0 Å². The van der Waals surface area contributed by atoms with E-state index in [2.05, 4.69) is 6.92 Å². The van der Waals surface area contributed by atoms with Gasteiger partial charge in [0.1, 0.15) is 0 Å². The number of esters is 1. The van der Waals surface area contributed by atoms with Crippen LogP contribution in [-0.4, -0.2) is 12.6 Å². The molecule has 13 heavy (non-hydrogen) atoms. The summed E-state index contributed by atoms with van der Waals surface area (Å²) in [7, 11) is 0. The van der Waals surface area contributed by atoms with Gasteiger partial charge in [0, 0.05) is 12.3 Å². The first-order valence-electron chi connectivity index (χ1n) is 5.26. The van der Waals surface area contributed by atoms with Crippen molar-refractivity contribution in [1.29, 1.82) is 0 Å². The Hall–Kier alpha value is -0.530. The average Bonchev–Trinajstić information content (AvgIpc) is 2.28. The maximum atomic E-state index is 10.7. The molecule has 0 spiro atoms. The van der Waals surface area contributed by atoms with Gasteiger partial charge >= 0.3 is 5.97 Å². The van der Waals surface area contributed by atoms with E-state index in [-0.39, 0.29) is 11.4 Å². The Labute approximate surface area is 80.7 Å². The summed E-state index contributed by atoms with van der Waals surface area (Å²) in [6.45, 7) is 4.34. The van der Waals surface area contributed by atoms with E-state index in [1.165, 1.54) is 45.4 Å². The molecule has 1 saturated carbocycles. The minimum atomic E-state index is -0.148. The molecule has 0 aromatic heterocycles. The van der Waals surface area contributed by atoms with Crippen LogP contribution in [0.25, 0.3) is 0 Å². The van der Waals surface area contributed by atoms with Crippen molar-refractivity contribution in [2.24, 2.45) is 5.41 Å². The highest BCUT2D eigenvalue weighted by molar-refractivity contribution is 5.65. The lowest BCUT2D eigenvalue weighted by molar-refractivity contribution is -0.144. The fraction of sp³-hybridized carbons (Fsp3) is 0.909. The van der Waals surface area contributed by atoms with Crippen LogP contribution in [0.3, 0.4) is 0 Å². The fourth-order valence-electron chi connectivity index (χ4n) is 2.00. The van der Waals surface area contributed by atoms with Crippen LogP contribution in [-0.2, 0) is 9.53 Å². The van der Waals surface area contributed by atoms with E-state index >= 15 is 0 Å². The predicted molar refractivity (Wildman–Crippen MR) is 52.4 cm³/mol. The van der Waals surface area contributed by atoms with Crippen LogP contribution in [0.5, 0.6) is 0 Å². The van der Waals surface area contributed by atoms with Gasteiger partial charge in [-0.3, -0.25) is 4.79 Å². The topological polar surface area (TPSA) is 26.3 Å². The Bertz CT molecular complexity index is 167. The van der Waals surface area contributed by atoms with E-state index in [0.717, 1.165) is 0 Å². The Morgan fingerprint density at radius 2 is 1.77 bits per heavy atom. The molecule has 1 rings (SSSR count). The molecule has 1 aliphatic carbocycles. The molecule has 0 aromatic carbocycles. The molecular weight excluding hydrogens is 164 g/mol. The zero-order valence-electron chi connectivity index (χ0n) is 8.77. The third-order valence-electron chi connectivity index (χ3n) is 2.93. The summed E-state index contributed by atoms with van der Waals surface area (Å²) in [5.74, 6) is -0.148. The molecule has 76 valence electrons. The highest BCUT2D eigenvalue weighted by Crippen LogP contribution is 2.34. The van der Waals surface area contributed by atoms with E-state index in [4.69, 9.17) is 4.74 Å². The monoisotopic (exact) mass is 184 g/mol. The van der Waals surface area contributed by atoms with Crippen LogP contribution >= 0.6 is 0 Å². The molecule has 0 aliphatic heterocycles. The van der Waals surface area contributed by atoms with Gasteiger partial charge in [0.2, 0.25) is 0 Å². The van der Waals surface area contributed by atoms with Crippen molar-refractivity contribution in [3.63, 3.8) is 0 Å². The van der Waals surface area contributed by atoms with Gasteiger partial charge in [-0.15, -0.1) is 0 Å². The van der Waals surface area contributed by atoms with Crippen molar-refractivity contribution in [3.05, 3.63) is 0 Å². The van der Waals surface area contributed by atoms with Crippen LogP contribution in [0.15, 0.2) is 0 Å². The molecule has 0 atom stereocenters. The molecule has 0 bridgehead atoms. The quantitative estimate of drug-likeness (QED) is 0.487. The molecule has 0 amide bonds. The lowest BCUT2D eigenvalue weighted by Gasteiger charge is -2.26. The number of rotatable bonds is 2. The van der Waals surface area contributed by atoms with Crippen LogP contribution < -0.4 is 0 Å². The van der Waals surface area contributed by atoms with Gasteiger partial charge in [-0.05, 0) is 12.8 Å².